The quantitative estimate of drug-likeness (QED) is 0.873. The highest BCUT2D eigenvalue weighted by Crippen LogP contribution is 2.34. The molecule has 4 heteroatoms. The van der Waals surface area contributed by atoms with E-state index in [4.69, 9.17) is 16.3 Å². The molecular weight excluding hydrogens is 238 g/mol. The summed E-state index contributed by atoms with van der Waals surface area (Å²) in [6.45, 7) is 3.27. The summed E-state index contributed by atoms with van der Waals surface area (Å²) >= 11 is 6.12. The maximum atomic E-state index is 9.53. The van der Waals surface area contributed by atoms with Crippen LogP contribution in [0.2, 0.25) is 5.02 Å². The van der Waals surface area contributed by atoms with Gasteiger partial charge in [-0.15, -0.1) is 0 Å². The number of likely N-dealkylation sites (tertiary alicyclic amines) is 1. The topological polar surface area (TPSA) is 32.7 Å². The molecule has 2 heterocycles. The number of aliphatic hydroxyl groups excluding tert-OH is 1. The molecule has 2 aliphatic rings. The number of rotatable bonds is 2. The molecule has 3 rings (SSSR count). The summed E-state index contributed by atoms with van der Waals surface area (Å²) < 4.78 is 5.67. The zero-order chi connectivity index (χ0) is 11.8. The molecule has 0 bridgehead atoms. The Labute approximate surface area is 106 Å². The predicted molar refractivity (Wildman–Crippen MR) is 66.6 cm³/mol. The second-order valence-electron chi connectivity index (χ2n) is 4.83. The van der Waals surface area contributed by atoms with Gasteiger partial charge in [0.05, 0.1) is 12.7 Å². The summed E-state index contributed by atoms with van der Waals surface area (Å²) in [6, 6.07) is 3.97. The molecule has 0 spiro atoms. The van der Waals surface area contributed by atoms with Crippen LogP contribution >= 0.6 is 11.6 Å². The van der Waals surface area contributed by atoms with Gasteiger partial charge < -0.3 is 9.84 Å². The van der Waals surface area contributed by atoms with Crippen molar-refractivity contribution >= 4 is 11.6 Å². The summed E-state index contributed by atoms with van der Waals surface area (Å²) in [5.74, 6) is 1.01. The average Bonchev–Trinajstić information content (AvgIpc) is 2.87. The minimum absolute atomic E-state index is 0.178. The lowest BCUT2D eigenvalue weighted by Crippen LogP contribution is -2.21. The van der Waals surface area contributed by atoms with Crippen LogP contribution in [0.1, 0.15) is 17.5 Å². The molecule has 0 radical (unpaired) electrons. The number of benzene rings is 1. The third-order valence-electron chi connectivity index (χ3n) is 3.47. The Balaban J connectivity index is 1.83. The number of hydrogen-bond acceptors (Lipinski definition) is 3. The van der Waals surface area contributed by atoms with Crippen molar-refractivity contribution in [3.63, 3.8) is 0 Å². The maximum absolute atomic E-state index is 9.53. The van der Waals surface area contributed by atoms with Gasteiger partial charge in [-0.25, -0.2) is 0 Å². The van der Waals surface area contributed by atoms with Gasteiger partial charge in [0.25, 0.3) is 0 Å². The Bertz CT molecular complexity index is 436. The van der Waals surface area contributed by atoms with Crippen LogP contribution in [-0.4, -0.2) is 35.8 Å². The van der Waals surface area contributed by atoms with Gasteiger partial charge in [0, 0.05) is 36.6 Å². The molecular formula is C13H16ClNO2. The Morgan fingerprint density at radius 1 is 1.47 bits per heavy atom. The van der Waals surface area contributed by atoms with E-state index < -0.39 is 0 Å². The molecule has 1 aromatic rings. The van der Waals surface area contributed by atoms with Crippen LogP contribution < -0.4 is 4.74 Å². The predicted octanol–water partition coefficient (Wildman–Crippen LogP) is 1.84. The number of hydrogen-bond donors (Lipinski definition) is 1. The molecule has 1 fully saturated rings. The molecule has 3 nitrogen and oxygen atoms in total. The van der Waals surface area contributed by atoms with Crippen molar-refractivity contribution in [3.05, 3.63) is 28.3 Å². The molecule has 92 valence electrons. The van der Waals surface area contributed by atoms with E-state index in [1.807, 2.05) is 12.1 Å². The Morgan fingerprint density at radius 3 is 3.12 bits per heavy atom. The van der Waals surface area contributed by atoms with Crippen molar-refractivity contribution in [1.29, 1.82) is 0 Å². The monoisotopic (exact) mass is 253 g/mol. The van der Waals surface area contributed by atoms with E-state index in [9.17, 15) is 5.11 Å². The van der Waals surface area contributed by atoms with Crippen LogP contribution in [0.5, 0.6) is 5.75 Å². The second kappa shape index (κ2) is 4.48. The molecule has 0 amide bonds. The number of nitrogens with zero attached hydrogens (tertiary/aromatic N) is 1. The summed E-state index contributed by atoms with van der Waals surface area (Å²) in [5, 5.41) is 10.3. The third-order valence-corrected chi connectivity index (χ3v) is 3.69. The first-order valence-corrected chi connectivity index (χ1v) is 6.44. The fourth-order valence-electron chi connectivity index (χ4n) is 2.66. The van der Waals surface area contributed by atoms with Gasteiger partial charge in [0.15, 0.2) is 0 Å². The van der Waals surface area contributed by atoms with E-state index in [2.05, 4.69) is 4.90 Å². The number of fused-ring (bicyclic) bond motifs is 1. The molecule has 1 atom stereocenters. The molecule has 2 aliphatic heterocycles. The fraction of sp³-hybridized carbons (Fsp3) is 0.538. The highest BCUT2D eigenvalue weighted by atomic mass is 35.5. The minimum Gasteiger partial charge on any atom is -0.493 e. The highest BCUT2D eigenvalue weighted by molar-refractivity contribution is 6.30. The van der Waals surface area contributed by atoms with Crippen LogP contribution in [0.25, 0.3) is 0 Å². The first kappa shape index (κ1) is 11.3. The molecule has 0 aromatic heterocycles. The Kier molecular flexibility index (Phi) is 2.99. The number of ether oxygens (including phenoxy) is 1. The molecule has 1 aromatic carbocycles. The van der Waals surface area contributed by atoms with E-state index in [1.54, 1.807) is 0 Å². The highest BCUT2D eigenvalue weighted by Gasteiger charge is 2.23. The normalized spacial score (nSPS) is 23.8. The van der Waals surface area contributed by atoms with E-state index in [-0.39, 0.29) is 6.10 Å². The molecule has 0 saturated carbocycles. The lowest BCUT2D eigenvalue weighted by atomic mass is 10.1. The first-order valence-electron chi connectivity index (χ1n) is 6.07. The van der Waals surface area contributed by atoms with E-state index >= 15 is 0 Å². The smallest absolute Gasteiger partial charge is 0.127 e. The van der Waals surface area contributed by atoms with Gasteiger partial charge in [0.2, 0.25) is 0 Å². The van der Waals surface area contributed by atoms with Crippen LogP contribution in [0.4, 0.5) is 0 Å². The van der Waals surface area contributed by atoms with Crippen molar-refractivity contribution in [1.82, 2.24) is 4.90 Å². The van der Waals surface area contributed by atoms with E-state index in [0.29, 0.717) is 0 Å². The van der Waals surface area contributed by atoms with Gasteiger partial charge in [0.1, 0.15) is 5.75 Å². The molecule has 0 aliphatic carbocycles. The number of aliphatic hydroxyl groups is 1. The van der Waals surface area contributed by atoms with Crippen molar-refractivity contribution < 1.29 is 9.84 Å². The maximum Gasteiger partial charge on any atom is 0.127 e. The van der Waals surface area contributed by atoms with Gasteiger partial charge in [-0.05, 0) is 24.1 Å². The lowest BCUT2D eigenvalue weighted by Gasteiger charge is -2.17. The van der Waals surface area contributed by atoms with Crippen molar-refractivity contribution in [2.24, 2.45) is 0 Å². The second-order valence-corrected chi connectivity index (χ2v) is 5.27. The molecule has 17 heavy (non-hydrogen) atoms. The van der Waals surface area contributed by atoms with E-state index in [1.165, 1.54) is 5.56 Å². The van der Waals surface area contributed by atoms with Crippen molar-refractivity contribution in [3.8, 4) is 5.75 Å². The van der Waals surface area contributed by atoms with Gasteiger partial charge >= 0.3 is 0 Å². The largest absolute Gasteiger partial charge is 0.493 e. The van der Waals surface area contributed by atoms with Crippen molar-refractivity contribution in [2.75, 3.05) is 19.7 Å². The van der Waals surface area contributed by atoms with Crippen molar-refractivity contribution in [2.45, 2.75) is 25.5 Å². The zero-order valence-corrected chi connectivity index (χ0v) is 10.4. The Morgan fingerprint density at radius 2 is 2.35 bits per heavy atom. The van der Waals surface area contributed by atoms with Crippen LogP contribution in [0.3, 0.4) is 0 Å². The van der Waals surface area contributed by atoms with E-state index in [0.717, 1.165) is 55.4 Å². The minimum atomic E-state index is -0.178. The van der Waals surface area contributed by atoms with Gasteiger partial charge in [-0.1, -0.05) is 11.6 Å². The molecule has 1 saturated heterocycles. The zero-order valence-electron chi connectivity index (χ0n) is 9.66. The summed E-state index contributed by atoms with van der Waals surface area (Å²) in [7, 11) is 0. The standard InChI is InChI=1S/C13H16ClNO2/c14-11-5-9-2-4-17-13(9)10(6-11)7-15-3-1-12(16)8-15/h5-6,12,16H,1-4,7-8H2. The molecule has 1 N–H and O–H groups in total. The lowest BCUT2D eigenvalue weighted by molar-refractivity contribution is 0.174. The van der Waals surface area contributed by atoms with Gasteiger partial charge in [-0.3, -0.25) is 4.90 Å². The fourth-order valence-corrected chi connectivity index (χ4v) is 2.92. The first-order chi connectivity index (χ1) is 8.22. The summed E-state index contributed by atoms with van der Waals surface area (Å²) in [6.07, 6.45) is 1.64. The molecule has 1 unspecified atom stereocenters. The SMILES string of the molecule is OC1CCN(Cc2cc(Cl)cc3c2OCC3)C1. The summed E-state index contributed by atoms with van der Waals surface area (Å²) in [5.41, 5.74) is 2.37. The Hall–Kier alpha value is -0.770. The number of β-amino-alcohol motifs (C(OH)–C–C–N with tert-alkyl or cyclic N) is 1. The van der Waals surface area contributed by atoms with Gasteiger partial charge in [-0.2, -0.15) is 0 Å². The summed E-state index contributed by atoms with van der Waals surface area (Å²) in [4.78, 5) is 2.25. The number of halogens is 1. The van der Waals surface area contributed by atoms with Crippen LogP contribution in [0, 0.1) is 0 Å². The van der Waals surface area contributed by atoms with Crippen LogP contribution in [0.15, 0.2) is 12.1 Å². The average molecular weight is 254 g/mol. The third kappa shape index (κ3) is 2.28. The van der Waals surface area contributed by atoms with Crippen LogP contribution in [-0.2, 0) is 13.0 Å².